The summed E-state index contributed by atoms with van der Waals surface area (Å²) in [7, 11) is 0. The molecule has 0 saturated carbocycles. The number of halogens is 3. The number of nitrogens with zero attached hydrogens (tertiary/aromatic N) is 1. The highest BCUT2D eigenvalue weighted by molar-refractivity contribution is 9.10. The Labute approximate surface area is 142 Å². The average molecular weight is 392 g/mol. The second kappa shape index (κ2) is 7.70. The highest BCUT2D eigenvalue weighted by Crippen LogP contribution is 2.35. The van der Waals surface area contributed by atoms with Crippen molar-refractivity contribution in [1.82, 2.24) is 10.2 Å². The first-order chi connectivity index (χ1) is 9.75. The molecule has 0 amide bonds. The minimum Gasteiger partial charge on any atom is -0.314 e. The summed E-state index contributed by atoms with van der Waals surface area (Å²) in [6.45, 7) is 3.91. The van der Waals surface area contributed by atoms with Crippen molar-refractivity contribution in [2.24, 2.45) is 0 Å². The van der Waals surface area contributed by atoms with Crippen molar-refractivity contribution in [1.29, 1.82) is 0 Å². The molecule has 1 aromatic heterocycles. The van der Waals surface area contributed by atoms with Gasteiger partial charge in [0.25, 0.3) is 0 Å². The van der Waals surface area contributed by atoms with E-state index in [1.54, 1.807) is 23.5 Å². The second-order valence-electron chi connectivity index (χ2n) is 4.91. The van der Waals surface area contributed by atoms with Crippen LogP contribution >= 0.6 is 39.7 Å². The van der Waals surface area contributed by atoms with Crippen molar-refractivity contribution in [2.75, 3.05) is 26.2 Å². The molecular weight excluding hydrogens is 375 g/mol. The van der Waals surface area contributed by atoms with Gasteiger partial charge in [0.05, 0.1) is 6.04 Å². The largest absolute Gasteiger partial charge is 0.314 e. The van der Waals surface area contributed by atoms with Crippen LogP contribution in [-0.4, -0.2) is 31.1 Å². The number of hydrogen-bond donors (Lipinski definition) is 1. The van der Waals surface area contributed by atoms with Crippen molar-refractivity contribution < 1.29 is 4.39 Å². The minimum atomic E-state index is -0.182. The zero-order valence-electron chi connectivity index (χ0n) is 11.4. The Morgan fingerprint density at radius 2 is 2.00 bits per heavy atom. The maximum absolute atomic E-state index is 13.7. The predicted molar refractivity (Wildman–Crippen MR) is 92.0 cm³/mol. The third-order valence-corrected chi connectivity index (χ3v) is 5.05. The fourth-order valence-electron chi connectivity index (χ4n) is 2.68. The number of hydrogen-bond acceptors (Lipinski definition) is 3. The molecule has 1 aliphatic rings. The first kappa shape index (κ1) is 16.9. The molecule has 0 aliphatic carbocycles. The van der Waals surface area contributed by atoms with E-state index in [-0.39, 0.29) is 24.3 Å². The lowest BCUT2D eigenvalue weighted by molar-refractivity contribution is 0.198. The fraction of sp³-hybridized carbons (Fsp3) is 0.333. The molecule has 2 nitrogen and oxygen atoms in total. The van der Waals surface area contributed by atoms with E-state index in [1.165, 1.54) is 11.6 Å². The van der Waals surface area contributed by atoms with E-state index in [0.717, 1.165) is 36.2 Å². The van der Waals surface area contributed by atoms with Gasteiger partial charge >= 0.3 is 0 Å². The van der Waals surface area contributed by atoms with E-state index in [4.69, 9.17) is 0 Å². The van der Waals surface area contributed by atoms with Crippen molar-refractivity contribution in [2.45, 2.75) is 6.04 Å². The first-order valence-corrected chi connectivity index (χ1v) is 8.41. The topological polar surface area (TPSA) is 15.3 Å². The van der Waals surface area contributed by atoms with Gasteiger partial charge in [0.2, 0.25) is 0 Å². The van der Waals surface area contributed by atoms with Gasteiger partial charge in [-0.3, -0.25) is 4.90 Å². The Kier molecular flexibility index (Phi) is 6.20. The van der Waals surface area contributed by atoms with Crippen molar-refractivity contribution >= 4 is 39.7 Å². The lowest BCUT2D eigenvalue weighted by Crippen LogP contribution is -2.45. The van der Waals surface area contributed by atoms with Crippen molar-refractivity contribution in [3.63, 3.8) is 0 Å². The lowest BCUT2D eigenvalue weighted by Gasteiger charge is -2.35. The highest BCUT2D eigenvalue weighted by Gasteiger charge is 2.26. The summed E-state index contributed by atoms with van der Waals surface area (Å²) in [6.07, 6.45) is 0. The van der Waals surface area contributed by atoms with Crippen LogP contribution in [0.5, 0.6) is 0 Å². The standard InChI is InChI=1S/C15H16BrFN2S.ClH/c16-14-2-1-12(17)9-13(14)15(11-3-8-20-10-11)19-6-4-18-5-7-19;/h1-3,8-10,15,18H,4-7H2;1H/t15-;/m1./s1. The van der Waals surface area contributed by atoms with E-state index >= 15 is 0 Å². The minimum absolute atomic E-state index is 0. The van der Waals surface area contributed by atoms with Gasteiger partial charge in [-0.25, -0.2) is 4.39 Å². The molecule has 1 atom stereocenters. The summed E-state index contributed by atoms with van der Waals surface area (Å²) in [6, 6.07) is 7.19. The highest BCUT2D eigenvalue weighted by atomic mass is 79.9. The molecule has 114 valence electrons. The van der Waals surface area contributed by atoms with Crippen LogP contribution < -0.4 is 5.32 Å². The maximum Gasteiger partial charge on any atom is 0.123 e. The van der Waals surface area contributed by atoms with E-state index in [0.29, 0.717) is 0 Å². The summed E-state index contributed by atoms with van der Waals surface area (Å²) in [4.78, 5) is 2.41. The Bertz CT molecular complexity index is 573. The number of benzene rings is 1. The molecule has 2 heterocycles. The Morgan fingerprint density at radius 3 is 2.67 bits per heavy atom. The molecule has 3 rings (SSSR count). The van der Waals surface area contributed by atoms with Crippen LogP contribution in [0.15, 0.2) is 39.5 Å². The maximum atomic E-state index is 13.7. The molecule has 0 unspecified atom stereocenters. The van der Waals surface area contributed by atoms with Gasteiger partial charge in [0, 0.05) is 30.7 Å². The van der Waals surface area contributed by atoms with Gasteiger partial charge < -0.3 is 5.32 Å². The van der Waals surface area contributed by atoms with Crippen LogP contribution in [0.4, 0.5) is 4.39 Å². The van der Waals surface area contributed by atoms with Crippen LogP contribution in [0.3, 0.4) is 0 Å². The van der Waals surface area contributed by atoms with Crippen LogP contribution in [0.1, 0.15) is 17.2 Å². The van der Waals surface area contributed by atoms with Crippen LogP contribution in [0, 0.1) is 5.82 Å². The third kappa shape index (κ3) is 3.85. The molecule has 0 spiro atoms. The molecule has 0 radical (unpaired) electrons. The predicted octanol–water partition coefficient (Wildman–Crippen LogP) is 4.07. The summed E-state index contributed by atoms with van der Waals surface area (Å²) >= 11 is 5.26. The lowest BCUT2D eigenvalue weighted by atomic mass is 9.98. The first-order valence-electron chi connectivity index (χ1n) is 6.67. The summed E-state index contributed by atoms with van der Waals surface area (Å²) in [5.41, 5.74) is 2.24. The van der Waals surface area contributed by atoms with Crippen LogP contribution in [0.25, 0.3) is 0 Å². The van der Waals surface area contributed by atoms with Crippen LogP contribution in [0.2, 0.25) is 0 Å². The molecule has 1 saturated heterocycles. The van der Waals surface area contributed by atoms with Gasteiger partial charge in [0.15, 0.2) is 0 Å². The number of piperazine rings is 1. The quantitative estimate of drug-likeness (QED) is 0.848. The Morgan fingerprint density at radius 1 is 1.24 bits per heavy atom. The SMILES string of the molecule is Cl.Fc1ccc(Br)c([C@@H](c2ccsc2)N2CCNCC2)c1. The zero-order chi connectivity index (χ0) is 13.9. The number of nitrogens with one attached hydrogen (secondary N) is 1. The molecule has 2 aromatic rings. The second-order valence-corrected chi connectivity index (χ2v) is 6.55. The van der Waals surface area contributed by atoms with Gasteiger partial charge in [0.1, 0.15) is 5.82 Å². The molecule has 6 heteroatoms. The smallest absolute Gasteiger partial charge is 0.123 e. The van der Waals surface area contributed by atoms with Gasteiger partial charge in [-0.1, -0.05) is 15.9 Å². The molecule has 1 fully saturated rings. The molecule has 1 aliphatic heterocycles. The normalized spacial score (nSPS) is 17.2. The van der Waals surface area contributed by atoms with E-state index < -0.39 is 0 Å². The number of thiophene rings is 1. The van der Waals surface area contributed by atoms with Crippen LogP contribution in [-0.2, 0) is 0 Å². The van der Waals surface area contributed by atoms with E-state index in [1.807, 2.05) is 0 Å². The summed E-state index contributed by atoms with van der Waals surface area (Å²) in [5.74, 6) is -0.182. The average Bonchev–Trinajstić information content (AvgIpc) is 2.98. The summed E-state index contributed by atoms with van der Waals surface area (Å²) in [5, 5.41) is 7.61. The fourth-order valence-corrected chi connectivity index (χ4v) is 3.82. The van der Waals surface area contributed by atoms with Crippen molar-refractivity contribution in [3.8, 4) is 0 Å². The van der Waals surface area contributed by atoms with E-state index in [9.17, 15) is 4.39 Å². The molecule has 1 aromatic carbocycles. The third-order valence-electron chi connectivity index (χ3n) is 3.63. The zero-order valence-corrected chi connectivity index (χ0v) is 14.6. The summed E-state index contributed by atoms with van der Waals surface area (Å²) < 4.78 is 14.6. The van der Waals surface area contributed by atoms with Crippen molar-refractivity contribution in [3.05, 3.63) is 56.4 Å². The van der Waals surface area contributed by atoms with Gasteiger partial charge in [-0.2, -0.15) is 11.3 Å². The molecule has 1 N–H and O–H groups in total. The monoisotopic (exact) mass is 390 g/mol. The van der Waals surface area contributed by atoms with E-state index in [2.05, 4.69) is 43.0 Å². The molecule has 21 heavy (non-hydrogen) atoms. The van der Waals surface area contributed by atoms with Gasteiger partial charge in [-0.05, 0) is 46.2 Å². The number of rotatable bonds is 3. The molecular formula is C15H17BrClFN2S. The molecule has 0 bridgehead atoms. The van der Waals surface area contributed by atoms with Gasteiger partial charge in [-0.15, -0.1) is 12.4 Å². The Balaban J connectivity index is 0.00000161. The Hall–Kier alpha value is -0.460.